The molecule has 17 nitrogen and oxygen atoms in total. The van der Waals surface area contributed by atoms with Gasteiger partial charge in [-0.25, -0.2) is 14.0 Å². The Morgan fingerprint density at radius 3 is 1.40 bits per heavy atom. The number of rotatable bonds is 17. The second-order valence-electron chi connectivity index (χ2n) is 14.2. The number of urea groups is 2. The molecule has 3 aliphatic rings. The van der Waals surface area contributed by atoms with E-state index in [4.69, 9.17) is 17.2 Å². The number of unbranched alkanes of at least 4 members (excludes halogenated alkanes) is 2. The van der Waals surface area contributed by atoms with Crippen molar-refractivity contribution in [3.8, 4) is 0 Å². The van der Waals surface area contributed by atoms with Crippen molar-refractivity contribution in [3.05, 3.63) is 53.4 Å². The number of alkyl halides is 1. The number of nitrogens with one attached hydrogen (secondary N) is 8. The van der Waals surface area contributed by atoms with E-state index in [0.717, 1.165) is 19.5 Å². The van der Waals surface area contributed by atoms with Crippen LogP contribution >= 0.6 is 0 Å². The fourth-order valence-electron chi connectivity index (χ4n) is 7.00. The molecule has 0 unspecified atom stereocenters. The number of hydrogen-bond acceptors (Lipinski definition) is 11. The van der Waals surface area contributed by atoms with E-state index in [9.17, 15) is 23.6 Å². The number of anilines is 7. The van der Waals surface area contributed by atoms with E-state index in [0.29, 0.717) is 148 Å². The molecule has 2 aromatic rings. The first-order valence-electron chi connectivity index (χ1n) is 19.8. The Morgan fingerprint density at radius 2 is 1.00 bits per heavy atom. The number of carbonyl (C=O) groups is 4. The Kier molecular flexibility index (Phi) is 16.3. The summed E-state index contributed by atoms with van der Waals surface area (Å²) in [5.41, 5.74) is 22.5. The SMILES string of the molecule is NCCCCC(=O)Nc1cc(N)cc(NC(=O)NC2=CC=C(NC(=O)Nc3cc(CF)cc(NC(=O)CCCCN)c3N3CCNCC3)CC2)c1N1CCNCC1. The molecule has 0 bridgehead atoms. The van der Waals surface area contributed by atoms with E-state index in [1.165, 1.54) is 0 Å². The van der Waals surface area contributed by atoms with E-state index in [1.807, 2.05) is 0 Å². The van der Waals surface area contributed by atoms with Crippen LogP contribution in [0, 0.1) is 0 Å². The number of halogens is 1. The number of nitrogens with two attached hydrogens (primary N) is 3. The lowest BCUT2D eigenvalue weighted by molar-refractivity contribution is -0.117. The van der Waals surface area contributed by atoms with Crippen LogP contribution in [0.1, 0.15) is 56.9 Å². The molecule has 0 aromatic heterocycles. The number of allylic oxidation sites excluding steroid dienone is 4. The minimum absolute atomic E-state index is 0.158. The van der Waals surface area contributed by atoms with Gasteiger partial charge < -0.3 is 69.5 Å². The first-order valence-corrected chi connectivity index (χ1v) is 19.8. The van der Waals surface area contributed by atoms with E-state index >= 15 is 0 Å². The number of piperazine rings is 2. The van der Waals surface area contributed by atoms with Gasteiger partial charge in [0.1, 0.15) is 6.67 Å². The molecular formula is C39H58FN13O4. The van der Waals surface area contributed by atoms with Crippen molar-refractivity contribution < 1.29 is 23.6 Å². The zero-order valence-corrected chi connectivity index (χ0v) is 32.5. The highest BCUT2D eigenvalue weighted by Gasteiger charge is 2.24. The Balaban J connectivity index is 1.26. The van der Waals surface area contributed by atoms with E-state index in [-0.39, 0.29) is 18.2 Å². The van der Waals surface area contributed by atoms with Gasteiger partial charge in [-0.15, -0.1) is 0 Å². The Bertz CT molecular complexity index is 1790. The van der Waals surface area contributed by atoms with Crippen molar-refractivity contribution in [3.63, 3.8) is 0 Å². The van der Waals surface area contributed by atoms with Crippen LogP contribution in [-0.2, 0) is 16.3 Å². The summed E-state index contributed by atoms with van der Waals surface area (Å²) in [5.74, 6) is -0.367. The summed E-state index contributed by atoms with van der Waals surface area (Å²) < 4.78 is 14.1. The number of carbonyl (C=O) groups excluding carboxylic acids is 4. The average molecular weight is 792 g/mol. The number of benzene rings is 2. The summed E-state index contributed by atoms with van der Waals surface area (Å²) in [4.78, 5) is 56.6. The highest BCUT2D eigenvalue weighted by atomic mass is 19.1. The van der Waals surface area contributed by atoms with Crippen molar-refractivity contribution in [1.29, 1.82) is 0 Å². The number of amides is 6. The third kappa shape index (κ3) is 12.8. The van der Waals surface area contributed by atoms with Gasteiger partial charge in [-0.3, -0.25) is 9.59 Å². The van der Waals surface area contributed by atoms with Crippen LogP contribution in [-0.4, -0.2) is 89.3 Å². The molecule has 2 aliphatic heterocycles. The topological polar surface area (TPSA) is 249 Å². The van der Waals surface area contributed by atoms with Crippen LogP contribution < -0.4 is 69.5 Å². The molecule has 0 saturated carbocycles. The second-order valence-corrected chi connectivity index (χ2v) is 14.2. The normalized spacial score (nSPS) is 15.6. The van der Waals surface area contributed by atoms with Crippen molar-refractivity contribution in [2.75, 3.05) is 102 Å². The highest BCUT2D eigenvalue weighted by molar-refractivity contribution is 6.04. The molecule has 57 heavy (non-hydrogen) atoms. The number of hydrogen-bond donors (Lipinski definition) is 11. The molecule has 2 heterocycles. The first-order chi connectivity index (χ1) is 27.7. The summed E-state index contributed by atoms with van der Waals surface area (Å²) in [7, 11) is 0. The fraction of sp³-hybridized carbons (Fsp3) is 0.487. The average Bonchev–Trinajstić information content (AvgIpc) is 3.19. The van der Waals surface area contributed by atoms with Gasteiger partial charge in [0.05, 0.1) is 34.1 Å². The van der Waals surface area contributed by atoms with Gasteiger partial charge in [0.15, 0.2) is 0 Å². The summed E-state index contributed by atoms with van der Waals surface area (Å²) in [6.07, 6.45) is 7.62. The third-order valence-electron chi connectivity index (χ3n) is 9.78. The van der Waals surface area contributed by atoms with Crippen LogP contribution in [0.15, 0.2) is 47.8 Å². The summed E-state index contributed by atoms with van der Waals surface area (Å²) >= 11 is 0. The lowest BCUT2D eigenvalue weighted by Crippen LogP contribution is -2.44. The summed E-state index contributed by atoms with van der Waals surface area (Å²) in [6, 6.07) is 5.57. The van der Waals surface area contributed by atoms with E-state index in [1.54, 1.807) is 36.4 Å². The molecule has 2 aromatic carbocycles. The van der Waals surface area contributed by atoms with Crippen molar-refractivity contribution in [1.82, 2.24) is 21.3 Å². The molecule has 18 heteroatoms. The molecule has 14 N–H and O–H groups in total. The Hall–Kier alpha value is -5.43. The van der Waals surface area contributed by atoms with Gasteiger partial charge in [-0.2, -0.15) is 0 Å². The molecule has 2 fully saturated rings. The van der Waals surface area contributed by atoms with Gasteiger partial charge in [-0.05, 0) is 93.6 Å². The van der Waals surface area contributed by atoms with Gasteiger partial charge in [0, 0.05) is 82.3 Å². The predicted molar refractivity (Wildman–Crippen MR) is 225 cm³/mol. The quantitative estimate of drug-likeness (QED) is 0.0820. The molecule has 5 rings (SSSR count). The fourth-order valence-corrected chi connectivity index (χ4v) is 7.00. The lowest BCUT2D eigenvalue weighted by atomic mass is 10.1. The zero-order valence-electron chi connectivity index (χ0n) is 32.5. The van der Waals surface area contributed by atoms with E-state index < -0.39 is 18.7 Å². The highest BCUT2D eigenvalue weighted by Crippen LogP contribution is 2.39. The maximum atomic E-state index is 14.1. The summed E-state index contributed by atoms with van der Waals surface area (Å²) in [6.45, 7) is 5.70. The van der Waals surface area contributed by atoms with Crippen molar-refractivity contribution in [2.45, 2.75) is 58.0 Å². The van der Waals surface area contributed by atoms with Gasteiger partial charge in [-0.1, -0.05) is 0 Å². The molecule has 0 spiro atoms. The van der Waals surface area contributed by atoms with Gasteiger partial charge in [0.25, 0.3) is 0 Å². The second kappa shape index (κ2) is 21.8. The standard InChI is InChI=1S/C39H58FN13O4/c40-25-26-21-30(48-34(54)5-1-3-11-41)36(52-17-13-44-14-18-52)31(22-26)50-38(56)46-28-7-9-29(10-8-28)47-39(57)51-33-24-27(43)23-32(49-35(55)6-2-4-12-42)37(33)53-19-15-45-16-20-53/h7,9,21-24,44-45H,1-6,8,10-20,25,41-43H2,(H,48,54)(H,49,55)(H2,46,50,56)(H2,47,51,57). The molecule has 0 atom stereocenters. The minimum atomic E-state index is -0.782. The van der Waals surface area contributed by atoms with Crippen LogP contribution in [0.5, 0.6) is 0 Å². The smallest absolute Gasteiger partial charge is 0.323 e. The Morgan fingerprint density at radius 1 is 0.596 bits per heavy atom. The molecule has 6 amide bonds. The van der Waals surface area contributed by atoms with Crippen LogP contribution in [0.3, 0.4) is 0 Å². The zero-order chi connectivity index (χ0) is 40.6. The monoisotopic (exact) mass is 791 g/mol. The third-order valence-corrected chi connectivity index (χ3v) is 9.78. The van der Waals surface area contributed by atoms with Crippen LogP contribution in [0.4, 0.5) is 53.8 Å². The minimum Gasteiger partial charge on any atom is -0.399 e. The maximum absolute atomic E-state index is 14.1. The Labute approximate surface area is 333 Å². The molecule has 2 saturated heterocycles. The lowest BCUT2D eigenvalue weighted by Gasteiger charge is -2.33. The maximum Gasteiger partial charge on any atom is 0.323 e. The number of nitrogen functional groups attached to an aromatic ring is 1. The molecule has 1 aliphatic carbocycles. The van der Waals surface area contributed by atoms with Crippen LogP contribution in [0.2, 0.25) is 0 Å². The molecular weight excluding hydrogens is 734 g/mol. The van der Waals surface area contributed by atoms with Crippen molar-refractivity contribution >= 4 is 63.7 Å². The summed E-state index contributed by atoms with van der Waals surface area (Å²) in [5, 5.41) is 24.2. The first kappa shape index (κ1) is 42.7. The van der Waals surface area contributed by atoms with Crippen molar-refractivity contribution in [2.24, 2.45) is 11.5 Å². The van der Waals surface area contributed by atoms with Crippen LogP contribution in [0.25, 0.3) is 0 Å². The molecule has 310 valence electrons. The number of nitrogens with zero attached hydrogens (tertiary/aromatic N) is 2. The predicted octanol–water partition coefficient (Wildman–Crippen LogP) is 3.20. The molecule has 0 radical (unpaired) electrons. The van der Waals surface area contributed by atoms with Gasteiger partial charge >= 0.3 is 12.1 Å². The van der Waals surface area contributed by atoms with Gasteiger partial charge in [0.2, 0.25) is 11.8 Å². The largest absolute Gasteiger partial charge is 0.399 e. The van der Waals surface area contributed by atoms with E-state index in [2.05, 4.69) is 52.3 Å².